The van der Waals surface area contributed by atoms with E-state index in [4.69, 9.17) is 4.74 Å². The van der Waals surface area contributed by atoms with Crippen molar-refractivity contribution in [2.45, 2.75) is 62.5 Å². The number of carbonyl (C=O) groups excluding carboxylic acids is 2. The first kappa shape index (κ1) is 29.4. The summed E-state index contributed by atoms with van der Waals surface area (Å²) in [6.45, 7) is -0.345. The van der Waals surface area contributed by atoms with Crippen molar-refractivity contribution in [1.29, 1.82) is 0 Å². The molecule has 4 bridgehead atoms. The Morgan fingerprint density at radius 3 is 2.30 bits per heavy atom. The minimum absolute atomic E-state index is 0.00331. The van der Waals surface area contributed by atoms with Crippen LogP contribution in [0.15, 0.2) is 60.8 Å². The lowest BCUT2D eigenvalue weighted by Gasteiger charge is -2.53. The number of rotatable bonds is 13. The minimum Gasteiger partial charge on any atom is -0.481 e. The van der Waals surface area contributed by atoms with Gasteiger partial charge in [0, 0.05) is 42.2 Å². The SMILES string of the molecule is O=C(O)CCC(CNCC(CO)(NC(=O)OC1C2CC3CC(C2)CC1C3)C(=O)c1c[nH]c2ccccc12)c1ccccc1. The number of aliphatic hydroxyl groups excluding tert-OH is 1. The van der Waals surface area contributed by atoms with Crippen molar-refractivity contribution < 1.29 is 29.3 Å². The number of Topliss-reactive ketones (excluding diaryl/α,β-unsaturated/α-hetero) is 1. The van der Waals surface area contributed by atoms with Crippen LogP contribution in [0.2, 0.25) is 0 Å². The Balaban J connectivity index is 1.22. The van der Waals surface area contributed by atoms with Crippen molar-refractivity contribution in [2.24, 2.45) is 23.7 Å². The maximum atomic E-state index is 14.2. The molecule has 2 atom stereocenters. The molecule has 4 aliphatic rings. The molecule has 1 heterocycles. The second kappa shape index (κ2) is 12.5. The van der Waals surface area contributed by atoms with E-state index in [0.29, 0.717) is 35.8 Å². The zero-order valence-electron chi connectivity index (χ0n) is 24.3. The van der Waals surface area contributed by atoms with E-state index in [9.17, 15) is 24.6 Å². The van der Waals surface area contributed by atoms with Gasteiger partial charge in [0.1, 0.15) is 11.6 Å². The van der Waals surface area contributed by atoms with Gasteiger partial charge in [0.25, 0.3) is 0 Å². The highest BCUT2D eigenvalue weighted by Gasteiger charge is 2.50. The molecule has 7 rings (SSSR count). The van der Waals surface area contributed by atoms with E-state index in [1.165, 1.54) is 6.42 Å². The van der Waals surface area contributed by atoms with Crippen LogP contribution in [0, 0.1) is 23.7 Å². The summed E-state index contributed by atoms with van der Waals surface area (Å²) in [7, 11) is 0. The first-order valence-corrected chi connectivity index (χ1v) is 15.5. The third-order valence-electron chi connectivity index (χ3n) is 10.1. The Bertz CT molecular complexity index is 1430. The molecule has 0 aliphatic heterocycles. The summed E-state index contributed by atoms with van der Waals surface area (Å²) < 4.78 is 6.09. The number of carboxylic acids is 1. The number of fused-ring (bicyclic) bond motifs is 1. The van der Waals surface area contributed by atoms with Crippen LogP contribution >= 0.6 is 0 Å². The second-order valence-electron chi connectivity index (χ2n) is 12.9. The Morgan fingerprint density at radius 1 is 0.953 bits per heavy atom. The number of carboxylic acid groups (broad SMARTS) is 1. The molecule has 4 fully saturated rings. The van der Waals surface area contributed by atoms with Crippen LogP contribution in [0.5, 0.6) is 0 Å². The summed E-state index contributed by atoms with van der Waals surface area (Å²) in [5.74, 6) is 0.722. The van der Waals surface area contributed by atoms with Crippen molar-refractivity contribution >= 4 is 28.7 Å². The molecule has 1 aromatic heterocycles. The average molecular weight is 588 g/mol. The first-order valence-electron chi connectivity index (χ1n) is 15.5. The number of ketones is 1. The lowest BCUT2D eigenvalue weighted by atomic mass is 9.55. The molecule has 2 aromatic carbocycles. The van der Waals surface area contributed by atoms with Gasteiger partial charge in [0.2, 0.25) is 0 Å². The summed E-state index contributed by atoms with van der Waals surface area (Å²) in [4.78, 5) is 42.3. The fourth-order valence-electron chi connectivity index (χ4n) is 8.15. The van der Waals surface area contributed by atoms with Gasteiger partial charge in [-0.25, -0.2) is 4.79 Å². The highest BCUT2D eigenvalue weighted by atomic mass is 16.6. The fraction of sp³-hybridized carbons (Fsp3) is 0.500. The van der Waals surface area contributed by atoms with E-state index < -0.39 is 30.0 Å². The Morgan fingerprint density at radius 2 is 1.63 bits per heavy atom. The van der Waals surface area contributed by atoms with Gasteiger partial charge in [-0.3, -0.25) is 9.59 Å². The van der Waals surface area contributed by atoms with Gasteiger partial charge < -0.3 is 30.6 Å². The van der Waals surface area contributed by atoms with E-state index in [0.717, 1.165) is 48.6 Å². The summed E-state index contributed by atoms with van der Waals surface area (Å²) >= 11 is 0. The maximum Gasteiger partial charge on any atom is 0.408 e. The topological polar surface area (TPSA) is 141 Å². The van der Waals surface area contributed by atoms with Gasteiger partial charge in [0.05, 0.1) is 6.61 Å². The molecule has 4 saturated carbocycles. The van der Waals surface area contributed by atoms with Crippen LogP contribution < -0.4 is 10.6 Å². The third-order valence-corrected chi connectivity index (χ3v) is 10.1. The van der Waals surface area contributed by atoms with Crippen LogP contribution in [-0.2, 0) is 9.53 Å². The van der Waals surface area contributed by atoms with Crippen LogP contribution in [0.25, 0.3) is 10.9 Å². The summed E-state index contributed by atoms with van der Waals surface area (Å²) in [6.07, 6.45) is 6.79. The van der Waals surface area contributed by atoms with Crippen molar-refractivity contribution in [1.82, 2.24) is 15.6 Å². The molecule has 2 unspecified atom stereocenters. The predicted octanol–water partition coefficient (Wildman–Crippen LogP) is 4.87. The predicted molar refractivity (Wildman–Crippen MR) is 162 cm³/mol. The van der Waals surface area contributed by atoms with E-state index in [2.05, 4.69) is 15.6 Å². The fourth-order valence-corrected chi connectivity index (χ4v) is 8.15. The van der Waals surface area contributed by atoms with E-state index in [-0.39, 0.29) is 25.0 Å². The highest BCUT2D eigenvalue weighted by molar-refractivity contribution is 6.13. The first-order chi connectivity index (χ1) is 20.8. The highest BCUT2D eigenvalue weighted by Crippen LogP contribution is 2.54. The number of nitrogens with one attached hydrogen (secondary N) is 3. The van der Waals surface area contributed by atoms with Crippen LogP contribution in [0.3, 0.4) is 0 Å². The Hall–Kier alpha value is -3.69. The third kappa shape index (κ3) is 6.19. The largest absolute Gasteiger partial charge is 0.481 e. The quantitative estimate of drug-likeness (QED) is 0.180. The molecule has 5 N–H and O–H groups in total. The van der Waals surface area contributed by atoms with Gasteiger partial charge in [-0.2, -0.15) is 0 Å². The number of aromatic amines is 1. The molecule has 0 radical (unpaired) electrons. The van der Waals surface area contributed by atoms with Crippen molar-refractivity contribution in [3.05, 3.63) is 71.9 Å². The van der Waals surface area contributed by atoms with E-state index in [1.807, 2.05) is 54.6 Å². The lowest BCUT2D eigenvalue weighted by molar-refractivity contribution is -0.137. The molecule has 0 saturated heterocycles. The average Bonchev–Trinajstić information content (AvgIpc) is 3.44. The van der Waals surface area contributed by atoms with Gasteiger partial charge >= 0.3 is 12.1 Å². The zero-order chi connectivity index (χ0) is 30.0. The number of ether oxygens (including phenoxy) is 1. The number of aromatic nitrogens is 1. The Kier molecular flexibility index (Phi) is 8.54. The van der Waals surface area contributed by atoms with Crippen molar-refractivity contribution in [3.63, 3.8) is 0 Å². The summed E-state index contributed by atoms with van der Waals surface area (Å²) in [5.41, 5.74) is 0.427. The molecular formula is C34H41N3O6. The number of alkyl carbamates (subject to hydrolysis) is 1. The number of benzene rings is 2. The van der Waals surface area contributed by atoms with Crippen molar-refractivity contribution in [2.75, 3.05) is 19.7 Å². The van der Waals surface area contributed by atoms with Crippen LogP contribution in [0.1, 0.15) is 66.8 Å². The number of aliphatic hydroxyl groups is 1. The van der Waals surface area contributed by atoms with Gasteiger partial charge in [-0.05, 0) is 79.7 Å². The van der Waals surface area contributed by atoms with Gasteiger partial charge in [-0.1, -0.05) is 48.5 Å². The number of H-pyrrole nitrogens is 1. The number of amides is 1. The molecule has 1 amide bonds. The minimum atomic E-state index is -1.69. The smallest absolute Gasteiger partial charge is 0.408 e. The molecule has 228 valence electrons. The van der Waals surface area contributed by atoms with Gasteiger partial charge in [0.15, 0.2) is 5.78 Å². The van der Waals surface area contributed by atoms with Crippen LogP contribution in [-0.4, -0.2) is 64.4 Å². The molecular weight excluding hydrogens is 546 g/mol. The molecule has 9 heteroatoms. The van der Waals surface area contributed by atoms with Crippen molar-refractivity contribution in [3.8, 4) is 0 Å². The number of aliphatic carboxylic acids is 1. The lowest BCUT2D eigenvalue weighted by Crippen LogP contribution is -2.63. The molecule has 9 nitrogen and oxygen atoms in total. The number of carbonyl (C=O) groups is 3. The van der Waals surface area contributed by atoms with E-state index in [1.54, 1.807) is 6.20 Å². The number of para-hydroxylation sites is 1. The number of hydrogen-bond acceptors (Lipinski definition) is 6. The zero-order valence-corrected chi connectivity index (χ0v) is 24.3. The second-order valence-corrected chi connectivity index (χ2v) is 12.9. The standard InChI is InChI=1S/C34H41N3O6/c38-20-34(32(41)28-18-36-29-9-5-4-8-27(28)29,19-35-17-24(10-11-30(39)40)23-6-2-1-3-7-23)37-33(42)43-31-25-13-21-12-22(15-25)16-26(31)14-21/h1-9,18,21-22,24-26,31,35-36,38H,10-17,19-20H2,(H,37,42)(H,39,40). The summed E-state index contributed by atoms with van der Waals surface area (Å²) in [5, 5.41) is 26.9. The number of hydrogen-bond donors (Lipinski definition) is 5. The normalized spacial score (nSPS) is 26.1. The molecule has 0 spiro atoms. The monoisotopic (exact) mass is 587 g/mol. The molecule has 3 aromatic rings. The summed E-state index contributed by atoms with van der Waals surface area (Å²) in [6, 6.07) is 17.0. The maximum absolute atomic E-state index is 14.2. The van der Waals surface area contributed by atoms with Crippen LogP contribution in [0.4, 0.5) is 4.79 Å². The Labute approximate surface area is 251 Å². The molecule has 4 aliphatic carbocycles. The molecule has 43 heavy (non-hydrogen) atoms. The van der Waals surface area contributed by atoms with E-state index >= 15 is 0 Å². The van der Waals surface area contributed by atoms with Gasteiger partial charge in [-0.15, -0.1) is 0 Å².